The highest BCUT2D eigenvalue weighted by molar-refractivity contribution is 8.26. The van der Waals surface area contributed by atoms with Crippen molar-refractivity contribution in [3.05, 3.63) is 68.5 Å². The average Bonchev–Trinajstić information content (AvgIpc) is 3.05. The number of rotatable bonds is 10. The molecular weight excluding hydrogens is 501 g/mol. The predicted molar refractivity (Wildman–Crippen MR) is 138 cm³/mol. The second-order valence-corrected chi connectivity index (χ2v) is 9.74. The molecule has 1 saturated heterocycles. The maximum atomic E-state index is 12.9. The first-order chi connectivity index (χ1) is 15.9. The van der Waals surface area contributed by atoms with Crippen LogP contribution in [0.15, 0.2) is 47.4 Å². The number of carbonyl (C=O) groups is 2. The van der Waals surface area contributed by atoms with Gasteiger partial charge in [-0.2, -0.15) is 0 Å². The van der Waals surface area contributed by atoms with E-state index in [0.29, 0.717) is 44.6 Å². The minimum Gasteiger partial charge on any atom is -0.488 e. The fraction of sp³-hybridized carbons (Fsp3) is 0.292. The Morgan fingerprint density at radius 3 is 2.76 bits per heavy atom. The lowest BCUT2D eigenvalue weighted by Gasteiger charge is -2.14. The Balaban J connectivity index is 1.65. The van der Waals surface area contributed by atoms with Crippen LogP contribution >= 0.6 is 47.2 Å². The molecule has 0 unspecified atom stereocenters. The van der Waals surface area contributed by atoms with Gasteiger partial charge in [-0.25, -0.2) is 0 Å². The molecule has 1 aliphatic heterocycles. The Morgan fingerprint density at radius 1 is 1.21 bits per heavy atom. The summed E-state index contributed by atoms with van der Waals surface area (Å²) < 4.78 is 11.5. The molecule has 0 atom stereocenters. The Morgan fingerprint density at radius 2 is 2.00 bits per heavy atom. The summed E-state index contributed by atoms with van der Waals surface area (Å²) in [6.45, 7) is 2.98. The smallest absolute Gasteiger partial charge is 0.305 e. The third kappa shape index (κ3) is 7.21. The third-order valence-corrected chi connectivity index (χ3v) is 6.67. The molecule has 33 heavy (non-hydrogen) atoms. The summed E-state index contributed by atoms with van der Waals surface area (Å²) >= 11 is 18.8. The zero-order valence-corrected chi connectivity index (χ0v) is 21.2. The predicted octanol–water partition coefficient (Wildman–Crippen LogP) is 6.51. The second kappa shape index (κ2) is 12.4. The summed E-state index contributed by atoms with van der Waals surface area (Å²) in [6.07, 6.45) is 3.29. The van der Waals surface area contributed by atoms with Crippen LogP contribution in [0.4, 0.5) is 0 Å². The standard InChI is InChI=1S/C24H23Cl2NO4S2/c1-2-12-30-22(28)8-5-11-27-23(29)21(33-24(27)32)13-16-6-3-4-7-20(16)31-15-17-9-10-18(25)14-19(17)26/h3-4,6-7,9-10,13-14H,2,5,8,11-12,15H2,1H3/b21-13+. The van der Waals surface area contributed by atoms with Crippen molar-refractivity contribution in [2.45, 2.75) is 32.8 Å². The van der Waals surface area contributed by atoms with Gasteiger partial charge in [0.2, 0.25) is 0 Å². The number of carbonyl (C=O) groups excluding carboxylic acids is 2. The van der Waals surface area contributed by atoms with Crippen LogP contribution in [0.3, 0.4) is 0 Å². The minimum absolute atomic E-state index is 0.178. The number of ether oxygens (including phenoxy) is 2. The van der Waals surface area contributed by atoms with E-state index in [2.05, 4.69) is 0 Å². The fourth-order valence-corrected chi connectivity index (χ4v) is 4.79. The second-order valence-electron chi connectivity index (χ2n) is 7.22. The lowest BCUT2D eigenvalue weighted by molar-refractivity contribution is -0.144. The van der Waals surface area contributed by atoms with E-state index in [0.717, 1.165) is 17.5 Å². The van der Waals surface area contributed by atoms with E-state index in [1.807, 2.05) is 37.3 Å². The maximum Gasteiger partial charge on any atom is 0.305 e. The molecule has 174 valence electrons. The highest BCUT2D eigenvalue weighted by Gasteiger charge is 2.31. The van der Waals surface area contributed by atoms with Gasteiger partial charge in [0.15, 0.2) is 0 Å². The summed E-state index contributed by atoms with van der Waals surface area (Å²) in [4.78, 5) is 26.6. The van der Waals surface area contributed by atoms with Gasteiger partial charge >= 0.3 is 5.97 Å². The number of nitrogens with zero attached hydrogens (tertiary/aromatic N) is 1. The molecular formula is C24H23Cl2NO4S2. The summed E-state index contributed by atoms with van der Waals surface area (Å²) in [5.74, 6) is 0.180. The number of benzene rings is 2. The van der Waals surface area contributed by atoms with Crippen molar-refractivity contribution in [2.75, 3.05) is 13.2 Å². The van der Waals surface area contributed by atoms with Crippen LogP contribution in [-0.2, 0) is 20.9 Å². The number of thioether (sulfide) groups is 1. The van der Waals surface area contributed by atoms with Crippen LogP contribution in [0.1, 0.15) is 37.3 Å². The van der Waals surface area contributed by atoms with Crippen LogP contribution in [0.5, 0.6) is 5.75 Å². The number of esters is 1. The minimum atomic E-state index is -0.260. The van der Waals surface area contributed by atoms with Gasteiger partial charge in [0, 0.05) is 34.1 Å². The summed E-state index contributed by atoms with van der Waals surface area (Å²) in [5.41, 5.74) is 1.56. The van der Waals surface area contributed by atoms with Crippen LogP contribution < -0.4 is 4.74 Å². The first-order valence-corrected chi connectivity index (χ1v) is 12.4. The lowest BCUT2D eigenvalue weighted by atomic mass is 10.1. The zero-order valence-electron chi connectivity index (χ0n) is 18.0. The van der Waals surface area contributed by atoms with Gasteiger partial charge in [0.25, 0.3) is 5.91 Å². The highest BCUT2D eigenvalue weighted by atomic mass is 35.5. The molecule has 0 bridgehead atoms. The van der Waals surface area contributed by atoms with Crippen LogP contribution in [-0.4, -0.2) is 34.2 Å². The first-order valence-electron chi connectivity index (χ1n) is 10.5. The van der Waals surface area contributed by atoms with Crippen LogP contribution in [0, 0.1) is 0 Å². The van der Waals surface area contributed by atoms with E-state index in [1.54, 1.807) is 18.2 Å². The average molecular weight is 524 g/mol. The van der Waals surface area contributed by atoms with Gasteiger partial charge in [-0.05, 0) is 37.1 Å². The Hall–Kier alpha value is -2.06. The molecule has 2 aromatic rings. The molecule has 1 heterocycles. The Labute approximate surface area is 213 Å². The number of para-hydroxylation sites is 1. The van der Waals surface area contributed by atoms with Crippen molar-refractivity contribution in [2.24, 2.45) is 0 Å². The van der Waals surface area contributed by atoms with Crippen molar-refractivity contribution >= 4 is 69.5 Å². The molecule has 2 aromatic carbocycles. The molecule has 0 aromatic heterocycles. The fourth-order valence-electron chi connectivity index (χ4n) is 3.03. The quantitative estimate of drug-likeness (QED) is 0.201. The van der Waals surface area contributed by atoms with Gasteiger partial charge in [-0.1, -0.05) is 78.4 Å². The molecule has 5 nitrogen and oxygen atoms in total. The zero-order chi connectivity index (χ0) is 23.8. The normalized spacial score (nSPS) is 14.8. The monoisotopic (exact) mass is 523 g/mol. The first kappa shape index (κ1) is 25.6. The van der Waals surface area contributed by atoms with E-state index in [9.17, 15) is 9.59 Å². The number of halogens is 2. The van der Waals surface area contributed by atoms with Crippen LogP contribution in [0.25, 0.3) is 6.08 Å². The lowest BCUT2D eigenvalue weighted by Crippen LogP contribution is -2.29. The molecule has 0 radical (unpaired) electrons. The number of hydrogen-bond donors (Lipinski definition) is 0. The summed E-state index contributed by atoms with van der Waals surface area (Å²) in [6, 6.07) is 12.7. The van der Waals surface area contributed by atoms with Gasteiger partial charge < -0.3 is 9.47 Å². The molecule has 3 rings (SSSR count). The Kier molecular flexibility index (Phi) is 9.62. The van der Waals surface area contributed by atoms with Gasteiger partial charge in [-0.15, -0.1) is 0 Å². The molecule has 0 saturated carbocycles. The van der Waals surface area contributed by atoms with E-state index < -0.39 is 0 Å². The Bertz CT molecular complexity index is 1070. The molecule has 9 heteroatoms. The van der Waals surface area contributed by atoms with Gasteiger partial charge in [0.1, 0.15) is 16.7 Å². The molecule has 0 aliphatic carbocycles. The number of hydrogen-bond acceptors (Lipinski definition) is 6. The van der Waals surface area contributed by atoms with E-state index >= 15 is 0 Å². The topological polar surface area (TPSA) is 55.8 Å². The van der Waals surface area contributed by atoms with Crippen molar-refractivity contribution in [3.63, 3.8) is 0 Å². The van der Waals surface area contributed by atoms with E-state index in [4.69, 9.17) is 44.9 Å². The molecule has 1 fully saturated rings. The van der Waals surface area contributed by atoms with Crippen molar-refractivity contribution in [1.29, 1.82) is 0 Å². The SMILES string of the molecule is CCCOC(=O)CCCN1C(=O)/C(=C\c2ccccc2OCc2ccc(Cl)cc2Cl)SC1=S. The largest absolute Gasteiger partial charge is 0.488 e. The van der Waals surface area contributed by atoms with E-state index in [-0.39, 0.29) is 24.9 Å². The summed E-state index contributed by atoms with van der Waals surface area (Å²) in [5, 5.41) is 1.09. The number of amides is 1. The van der Waals surface area contributed by atoms with Crippen molar-refractivity contribution in [1.82, 2.24) is 4.90 Å². The van der Waals surface area contributed by atoms with Crippen LogP contribution in [0.2, 0.25) is 10.0 Å². The van der Waals surface area contributed by atoms with Gasteiger partial charge in [0.05, 0.1) is 11.5 Å². The van der Waals surface area contributed by atoms with Gasteiger partial charge in [-0.3, -0.25) is 14.5 Å². The third-order valence-electron chi connectivity index (χ3n) is 4.71. The maximum absolute atomic E-state index is 12.9. The van der Waals surface area contributed by atoms with Crippen molar-refractivity contribution in [3.8, 4) is 5.75 Å². The molecule has 1 aliphatic rings. The molecule has 0 spiro atoms. The summed E-state index contributed by atoms with van der Waals surface area (Å²) in [7, 11) is 0. The molecule has 1 amide bonds. The highest BCUT2D eigenvalue weighted by Crippen LogP contribution is 2.34. The van der Waals surface area contributed by atoms with E-state index in [1.165, 1.54) is 16.7 Å². The molecule has 0 N–H and O–H groups in total. The van der Waals surface area contributed by atoms with Crippen molar-refractivity contribution < 1.29 is 19.1 Å². The number of thiocarbonyl (C=S) groups is 1.